The predicted molar refractivity (Wildman–Crippen MR) is 244 cm³/mol. The third kappa shape index (κ3) is 13.8. The summed E-state index contributed by atoms with van der Waals surface area (Å²) >= 11 is 20.5. The van der Waals surface area contributed by atoms with Gasteiger partial charge in [0.05, 0.1) is 26.8 Å². The first-order chi connectivity index (χ1) is 28.2. The number of alkyl carbamates (subject to hydrolysis) is 1. The lowest BCUT2D eigenvalue weighted by Crippen LogP contribution is -2.33. The summed E-state index contributed by atoms with van der Waals surface area (Å²) in [6, 6.07) is 13.1. The highest BCUT2D eigenvalue weighted by molar-refractivity contribution is 9.11. The van der Waals surface area contributed by atoms with Crippen molar-refractivity contribution in [3.05, 3.63) is 97.6 Å². The van der Waals surface area contributed by atoms with Gasteiger partial charge in [-0.25, -0.2) is 9.59 Å². The van der Waals surface area contributed by atoms with Crippen LogP contribution < -0.4 is 20.1 Å². The van der Waals surface area contributed by atoms with Gasteiger partial charge in [-0.1, -0.05) is 10.3 Å². The van der Waals surface area contributed by atoms with Gasteiger partial charge in [-0.05, 0) is 200 Å². The molecule has 0 aliphatic heterocycles. The second-order valence-corrected chi connectivity index (χ2v) is 18.9. The van der Waals surface area contributed by atoms with E-state index in [1.165, 1.54) is 12.1 Å². The Kier molecular flexibility index (Phi) is 17.7. The molecule has 60 heavy (non-hydrogen) atoms. The van der Waals surface area contributed by atoms with Crippen LogP contribution in [0.5, 0.6) is 34.5 Å². The smallest absolute Gasteiger partial charge is 0.407 e. The van der Waals surface area contributed by atoms with Crippen LogP contribution in [0.2, 0.25) is 0 Å². The van der Waals surface area contributed by atoms with Crippen LogP contribution in [-0.4, -0.2) is 73.8 Å². The Morgan fingerprint density at radius 2 is 0.983 bits per heavy atom. The third-order valence-electron chi connectivity index (χ3n) is 7.99. The molecule has 0 fully saturated rings. The predicted octanol–water partition coefficient (Wildman–Crippen LogP) is 10.5. The van der Waals surface area contributed by atoms with Crippen molar-refractivity contribution in [2.24, 2.45) is 10.3 Å². The number of halogens is 6. The number of benzene rings is 4. The molecule has 21 heteroatoms. The number of aliphatic carboxylic acids is 1. The number of aromatic hydroxyl groups is 2. The summed E-state index contributed by atoms with van der Waals surface area (Å²) in [7, 11) is 0. The van der Waals surface area contributed by atoms with E-state index in [-0.39, 0.29) is 58.3 Å². The van der Waals surface area contributed by atoms with Crippen LogP contribution in [0.15, 0.2) is 85.7 Å². The number of carbonyl (C=O) groups is 3. The van der Waals surface area contributed by atoms with E-state index in [9.17, 15) is 34.9 Å². The Hall–Kier alpha value is -3.89. The van der Waals surface area contributed by atoms with Crippen LogP contribution in [0.4, 0.5) is 4.79 Å². The number of phenols is 2. The number of nitrogens with zero attached hydrogens (tertiary/aromatic N) is 2. The molecule has 0 unspecified atom stereocenters. The van der Waals surface area contributed by atoms with Crippen LogP contribution >= 0.6 is 95.6 Å². The first-order valence-electron chi connectivity index (χ1n) is 17.4. The van der Waals surface area contributed by atoms with E-state index in [1.807, 2.05) is 12.1 Å². The van der Waals surface area contributed by atoms with E-state index < -0.39 is 29.3 Å². The van der Waals surface area contributed by atoms with Crippen molar-refractivity contribution in [3.63, 3.8) is 0 Å². The van der Waals surface area contributed by atoms with Crippen LogP contribution in [0.25, 0.3) is 0 Å². The number of amides is 2. The molecule has 0 aromatic heterocycles. The lowest BCUT2D eigenvalue weighted by Gasteiger charge is -2.19. The Bertz CT molecular complexity index is 2310. The molecule has 0 heterocycles. The van der Waals surface area contributed by atoms with Gasteiger partial charge in [-0.2, -0.15) is 0 Å². The molecule has 0 radical (unpaired) electrons. The van der Waals surface area contributed by atoms with Gasteiger partial charge < -0.3 is 50.6 Å². The average Bonchev–Trinajstić information content (AvgIpc) is 3.15. The van der Waals surface area contributed by atoms with Crippen molar-refractivity contribution < 1.29 is 54.3 Å². The average molecular weight is 1220 g/mol. The summed E-state index contributed by atoms with van der Waals surface area (Å²) in [4.78, 5) is 36.4. The zero-order valence-electron chi connectivity index (χ0n) is 31.7. The van der Waals surface area contributed by atoms with E-state index >= 15 is 0 Å². The minimum atomic E-state index is -1.42. The number of carboxylic acids is 1. The molecule has 4 aromatic rings. The van der Waals surface area contributed by atoms with Crippen LogP contribution in [0.3, 0.4) is 0 Å². The molecule has 2 amide bonds. The van der Waals surface area contributed by atoms with Crippen molar-refractivity contribution in [2.45, 2.75) is 52.1 Å². The Morgan fingerprint density at radius 3 is 1.45 bits per heavy atom. The molecule has 320 valence electrons. The van der Waals surface area contributed by atoms with Crippen molar-refractivity contribution in [1.82, 2.24) is 10.6 Å². The number of nitrogens with one attached hydrogen (secondary N) is 2. The van der Waals surface area contributed by atoms with Gasteiger partial charge in [-0.15, -0.1) is 0 Å². The lowest BCUT2D eigenvalue weighted by molar-refractivity contribution is -0.129. The molecular formula is C39H36Br6N4O11. The number of carbonyl (C=O) groups excluding carboxylic acids is 2. The number of rotatable bonds is 16. The van der Waals surface area contributed by atoms with Crippen LogP contribution in [0, 0.1) is 0 Å². The highest BCUT2D eigenvalue weighted by Crippen LogP contribution is 2.45. The SMILES string of the molecule is CC(C)(C)OC(=O)NCCc1cc(Br)c(Oc2cc(CCNC(=O)/C(Cc3cc(Br)c(Oc4cc(C/C(=N\O)C(=O)O)cc(Br)c4O)c(Br)c3)=N/O)cc(Br)c2O)c(Br)c1. The summed E-state index contributed by atoms with van der Waals surface area (Å²) < 4.78 is 19.9. The molecule has 4 rings (SSSR count). The Morgan fingerprint density at radius 1 is 0.600 bits per heavy atom. The van der Waals surface area contributed by atoms with E-state index in [1.54, 1.807) is 45.0 Å². The second-order valence-electron chi connectivity index (χ2n) is 13.8. The fraction of sp³-hybridized carbons (Fsp3) is 0.256. The first kappa shape index (κ1) is 48.8. The molecule has 0 saturated heterocycles. The number of carboxylic acid groups (broad SMARTS) is 1. The zero-order chi connectivity index (χ0) is 44.5. The van der Waals surface area contributed by atoms with Gasteiger partial charge in [0, 0.05) is 25.9 Å². The standard InChI is InChI=1S/C39H36Br6N4O11/c1-39(2,3)60-38(55)47-7-5-18-9-24(42)34(25(43)10-18)58-30-16-19(8-22(40)32(30)50)4-6-46-36(52)28(48-56)14-20-12-26(44)35(27(45)13-20)59-31-17-21(11-23(41)33(31)51)15-29(49-57)37(53)54/h8-13,16-17,50-51,56-57H,4-7,14-15H2,1-3H3,(H,46,52)(H,47,55)(H,53,54)/b48-28+,49-29+. The third-order valence-corrected chi connectivity index (χ3v) is 11.6. The monoisotopic (exact) mass is 1210 g/mol. The van der Waals surface area contributed by atoms with E-state index in [0.717, 1.165) is 5.56 Å². The number of hydrogen-bond acceptors (Lipinski definition) is 12. The molecule has 4 aromatic carbocycles. The second kappa shape index (κ2) is 21.8. The van der Waals surface area contributed by atoms with Gasteiger partial charge >= 0.3 is 12.1 Å². The fourth-order valence-electron chi connectivity index (χ4n) is 5.29. The summed E-state index contributed by atoms with van der Waals surface area (Å²) in [6.45, 7) is 5.84. The maximum absolute atomic E-state index is 13.1. The minimum Gasteiger partial charge on any atom is -0.503 e. The van der Waals surface area contributed by atoms with Gasteiger partial charge in [0.2, 0.25) is 0 Å². The van der Waals surface area contributed by atoms with Gasteiger partial charge in [0.15, 0.2) is 40.2 Å². The Balaban J connectivity index is 1.38. The molecule has 0 saturated carbocycles. The van der Waals surface area contributed by atoms with Crippen molar-refractivity contribution in [2.75, 3.05) is 13.1 Å². The van der Waals surface area contributed by atoms with E-state index in [2.05, 4.69) is 117 Å². The lowest BCUT2D eigenvalue weighted by atomic mass is 10.1. The maximum atomic E-state index is 13.1. The van der Waals surface area contributed by atoms with E-state index in [4.69, 9.17) is 19.4 Å². The summed E-state index contributed by atoms with van der Waals surface area (Å²) in [6.07, 6.45) is -0.0355. The molecular weight excluding hydrogens is 1180 g/mol. The summed E-state index contributed by atoms with van der Waals surface area (Å²) in [5, 5.41) is 61.0. The number of oxime groups is 2. The topological polar surface area (TPSA) is 229 Å². The zero-order valence-corrected chi connectivity index (χ0v) is 41.2. The summed E-state index contributed by atoms with van der Waals surface area (Å²) in [5.74, 6) is -1.73. The molecule has 0 atom stereocenters. The Labute approximate surface area is 394 Å². The number of ether oxygens (including phenoxy) is 3. The number of phenolic OH excluding ortho intramolecular Hbond substituents is 2. The molecule has 15 nitrogen and oxygen atoms in total. The van der Waals surface area contributed by atoms with Gasteiger partial charge in [-0.3, -0.25) is 4.79 Å². The highest BCUT2D eigenvalue weighted by atomic mass is 79.9. The first-order valence-corrected chi connectivity index (χ1v) is 22.2. The highest BCUT2D eigenvalue weighted by Gasteiger charge is 2.21. The van der Waals surface area contributed by atoms with Crippen LogP contribution in [-0.2, 0) is 40.0 Å². The minimum absolute atomic E-state index is 0.0369. The van der Waals surface area contributed by atoms with Crippen molar-refractivity contribution in [3.8, 4) is 34.5 Å². The maximum Gasteiger partial charge on any atom is 0.407 e. The fourth-order valence-corrected chi connectivity index (χ4v) is 9.15. The van der Waals surface area contributed by atoms with Crippen molar-refractivity contribution >= 4 is 125 Å². The van der Waals surface area contributed by atoms with Gasteiger partial charge in [0.25, 0.3) is 5.91 Å². The molecule has 0 spiro atoms. The molecule has 0 aliphatic rings. The molecule has 7 N–H and O–H groups in total. The van der Waals surface area contributed by atoms with Crippen LogP contribution in [0.1, 0.15) is 43.0 Å². The molecule has 0 bridgehead atoms. The number of hydrogen-bond donors (Lipinski definition) is 7. The van der Waals surface area contributed by atoms with E-state index in [0.29, 0.717) is 64.2 Å². The van der Waals surface area contributed by atoms with Crippen molar-refractivity contribution in [1.29, 1.82) is 0 Å². The largest absolute Gasteiger partial charge is 0.503 e. The van der Waals surface area contributed by atoms with Gasteiger partial charge in [0.1, 0.15) is 11.3 Å². The molecule has 0 aliphatic carbocycles. The summed E-state index contributed by atoms with van der Waals surface area (Å²) in [5.41, 5.74) is 1.18. The quantitative estimate of drug-likeness (QED) is 0.0317. The normalized spacial score (nSPS) is 11.9.